The average Bonchev–Trinajstić information content (AvgIpc) is 2.52. The van der Waals surface area contributed by atoms with Crippen molar-refractivity contribution in [3.63, 3.8) is 0 Å². The van der Waals surface area contributed by atoms with E-state index in [0.717, 1.165) is 64.0 Å². The molecule has 1 aliphatic heterocycles. The fraction of sp³-hybridized carbons (Fsp3) is 0.647. The molecular weight excluding hydrogens is 289 g/mol. The molecule has 22 heavy (non-hydrogen) atoms. The van der Waals surface area contributed by atoms with Crippen LogP contribution in [0.3, 0.4) is 0 Å². The molecule has 0 radical (unpaired) electrons. The zero-order valence-corrected chi connectivity index (χ0v) is 12.8. The highest BCUT2D eigenvalue weighted by molar-refractivity contribution is 5.25. The minimum Gasteiger partial charge on any atom is -0.314 e. The Hall–Kier alpha value is -1.07. The van der Waals surface area contributed by atoms with E-state index in [1.807, 2.05) is 0 Å². The van der Waals surface area contributed by atoms with Crippen molar-refractivity contribution in [3.8, 4) is 0 Å². The Labute approximate surface area is 129 Å². The number of nitrogens with zero attached hydrogens (tertiary/aromatic N) is 1. The molecule has 0 unspecified atom stereocenters. The zero-order chi connectivity index (χ0) is 15.5. The smallest absolute Gasteiger partial charge is 0.133 e. The van der Waals surface area contributed by atoms with Crippen molar-refractivity contribution in [2.75, 3.05) is 26.2 Å². The van der Waals surface area contributed by atoms with Crippen molar-refractivity contribution < 1.29 is 13.2 Å². The van der Waals surface area contributed by atoms with Crippen LogP contribution in [0.25, 0.3) is 0 Å². The van der Waals surface area contributed by atoms with Crippen LogP contribution >= 0.6 is 0 Å². The number of nitrogens with one attached hydrogen (secondary N) is 1. The second-order valence-electron chi connectivity index (χ2n) is 6.41. The van der Waals surface area contributed by atoms with Crippen LogP contribution in [0.5, 0.6) is 0 Å². The molecule has 3 rings (SSSR count). The van der Waals surface area contributed by atoms with Crippen molar-refractivity contribution in [2.24, 2.45) is 5.92 Å². The first-order valence-corrected chi connectivity index (χ1v) is 8.26. The van der Waals surface area contributed by atoms with Gasteiger partial charge in [-0.3, -0.25) is 4.90 Å². The monoisotopic (exact) mass is 312 g/mol. The third-order valence-electron chi connectivity index (χ3n) is 4.98. The second kappa shape index (κ2) is 7.01. The standard InChI is InChI=1S/C17H23F3N2/c18-13-10-14(19)16(15(20)11-13)17(12-4-2-1-3-5-12)22-8-6-21-7-9-22/h10-12,17,21H,1-9H2/t17-/m1/s1. The molecule has 1 aromatic carbocycles. The van der Waals surface area contributed by atoms with Gasteiger partial charge in [0.25, 0.3) is 0 Å². The minimum absolute atomic E-state index is 0.0650. The molecule has 2 fully saturated rings. The van der Waals surface area contributed by atoms with Gasteiger partial charge in [0.05, 0.1) is 0 Å². The maximum Gasteiger partial charge on any atom is 0.133 e. The molecule has 122 valence electrons. The van der Waals surface area contributed by atoms with E-state index in [2.05, 4.69) is 10.2 Å². The predicted molar refractivity (Wildman–Crippen MR) is 80.1 cm³/mol. The van der Waals surface area contributed by atoms with Gasteiger partial charge < -0.3 is 5.32 Å². The molecule has 1 saturated heterocycles. The summed E-state index contributed by atoms with van der Waals surface area (Å²) >= 11 is 0. The summed E-state index contributed by atoms with van der Waals surface area (Å²) in [5.74, 6) is -2.08. The van der Waals surface area contributed by atoms with Gasteiger partial charge in [0.1, 0.15) is 17.5 Å². The van der Waals surface area contributed by atoms with Crippen LogP contribution in [0.15, 0.2) is 12.1 Å². The van der Waals surface area contributed by atoms with Crippen molar-refractivity contribution in [1.29, 1.82) is 0 Å². The van der Waals surface area contributed by atoms with Gasteiger partial charge in [-0.15, -0.1) is 0 Å². The highest BCUT2D eigenvalue weighted by atomic mass is 19.1. The lowest BCUT2D eigenvalue weighted by Gasteiger charge is -2.41. The van der Waals surface area contributed by atoms with Gasteiger partial charge in [0.2, 0.25) is 0 Å². The lowest BCUT2D eigenvalue weighted by Crippen LogP contribution is -2.47. The van der Waals surface area contributed by atoms with Crippen molar-refractivity contribution in [3.05, 3.63) is 35.1 Å². The second-order valence-corrected chi connectivity index (χ2v) is 6.41. The SMILES string of the molecule is Fc1cc(F)c([C@@H](C2CCCCC2)N2CCNCC2)c(F)c1. The van der Waals surface area contributed by atoms with Gasteiger partial charge in [0.15, 0.2) is 0 Å². The first kappa shape index (κ1) is 15.8. The van der Waals surface area contributed by atoms with Crippen LogP contribution < -0.4 is 5.32 Å². The summed E-state index contributed by atoms with van der Waals surface area (Å²) in [7, 11) is 0. The lowest BCUT2D eigenvalue weighted by molar-refractivity contribution is 0.0975. The normalized spacial score (nSPS) is 22.7. The zero-order valence-electron chi connectivity index (χ0n) is 12.8. The molecule has 1 heterocycles. The summed E-state index contributed by atoms with van der Waals surface area (Å²) in [5.41, 5.74) is 0.0650. The fourth-order valence-electron chi connectivity index (χ4n) is 3.96. The molecule has 0 spiro atoms. The van der Waals surface area contributed by atoms with E-state index in [4.69, 9.17) is 0 Å². The van der Waals surface area contributed by atoms with Crippen LogP contribution in [-0.2, 0) is 0 Å². The van der Waals surface area contributed by atoms with E-state index in [9.17, 15) is 13.2 Å². The van der Waals surface area contributed by atoms with E-state index in [1.165, 1.54) is 6.42 Å². The van der Waals surface area contributed by atoms with Gasteiger partial charge in [-0.1, -0.05) is 19.3 Å². The molecule has 1 aromatic rings. The number of piperazine rings is 1. The summed E-state index contributed by atoms with van der Waals surface area (Å²) in [4.78, 5) is 2.17. The maximum absolute atomic E-state index is 14.3. The summed E-state index contributed by atoms with van der Waals surface area (Å²) in [5, 5.41) is 3.27. The number of hydrogen-bond donors (Lipinski definition) is 1. The number of rotatable bonds is 3. The molecule has 1 atom stereocenters. The van der Waals surface area contributed by atoms with Crippen LogP contribution in [0.4, 0.5) is 13.2 Å². The van der Waals surface area contributed by atoms with Gasteiger partial charge in [-0.2, -0.15) is 0 Å². The Morgan fingerprint density at radius 3 is 2.14 bits per heavy atom. The number of benzene rings is 1. The van der Waals surface area contributed by atoms with Gasteiger partial charge in [0, 0.05) is 49.9 Å². The molecule has 0 aromatic heterocycles. The van der Waals surface area contributed by atoms with Crippen LogP contribution in [0.1, 0.15) is 43.7 Å². The summed E-state index contributed by atoms with van der Waals surface area (Å²) < 4.78 is 42.0. The lowest BCUT2D eigenvalue weighted by atomic mass is 9.79. The molecule has 1 N–H and O–H groups in total. The molecule has 5 heteroatoms. The molecule has 2 aliphatic rings. The number of halogens is 3. The molecular formula is C17H23F3N2. The van der Waals surface area contributed by atoms with Crippen LogP contribution in [0, 0.1) is 23.4 Å². The largest absolute Gasteiger partial charge is 0.314 e. The van der Waals surface area contributed by atoms with Crippen LogP contribution in [0.2, 0.25) is 0 Å². The van der Waals surface area contributed by atoms with Gasteiger partial charge in [-0.25, -0.2) is 13.2 Å². The molecule has 2 nitrogen and oxygen atoms in total. The highest BCUT2D eigenvalue weighted by Crippen LogP contribution is 2.40. The Balaban J connectivity index is 1.96. The Morgan fingerprint density at radius 2 is 1.55 bits per heavy atom. The minimum atomic E-state index is -0.846. The first-order valence-electron chi connectivity index (χ1n) is 8.26. The van der Waals surface area contributed by atoms with E-state index in [0.29, 0.717) is 0 Å². The average molecular weight is 312 g/mol. The molecule has 1 aliphatic carbocycles. The van der Waals surface area contributed by atoms with Crippen molar-refractivity contribution >= 4 is 0 Å². The Morgan fingerprint density at radius 1 is 0.955 bits per heavy atom. The highest BCUT2D eigenvalue weighted by Gasteiger charge is 2.34. The van der Waals surface area contributed by atoms with E-state index in [1.54, 1.807) is 0 Å². The van der Waals surface area contributed by atoms with E-state index >= 15 is 0 Å². The molecule has 0 bridgehead atoms. The third-order valence-corrected chi connectivity index (χ3v) is 4.98. The number of hydrogen-bond acceptors (Lipinski definition) is 2. The maximum atomic E-state index is 14.3. The van der Waals surface area contributed by atoms with Crippen molar-refractivity contribution in [2.45, 2.75) is 38.1 Å². The summed E-state index contributed by atoms with van der Waals surface area (Å²) in [6.45, 7) is 3.20. The topological polar surface area (TPSA) is 15.3 Å². The first-order chi connectivity index (χ1) is 10.7. The molecule has 0 amide bonds. The van der Waals surface area contributed by atoms with Crippen molar-refractivity contribution in [1.82, 2.24) is 10.2 Å². The summed E-state index contributed by atoms with van der Waals surface area (Å²) in [6, 6.07) is 1.36. The quantitative estimate of drug-likeness (QED) is 0.917. The Kier molecular flexibility index (Phi) is 5.03. The van der Waals surface area contributed by atoms with Gasteiger partial charge in [-0.05, 0) is 18.8 Å². The van der Waals surface area contributed by atoms with Crippen LogP contribution in [-0.4, -0.2) is 31.1 Å². The predicted octanol–water partition coefficient (Wildman–Crippen LogP) is 3.63. The summed E-state index contributed by atoms with van der Waals surface area (Å²) in [6.07, 6.45) is 5.39. The Bertz CT molecular complexity index is 468. The van der Waals surface area contributed by atoms with Gasteiger partial charge >= 0.3 is 0 Å². The third kappa shape index (κ3) is 3.30. The van der Waals surface area contributed by atoms with E-state index in [-0.39, 0.29) is 17.5 Å². The van der Waals surface area contributed by atoms with E-state index < -0.39 is 17.5 Å². The fourth-order valence-corrected chi connectivity index (χ4v) is 3.96. The molecule has 1 saturated carbocycles.